The summed E-state index contributed by atoms with van der Waals surface area (Å²) in [5.74, 6) is 0.757. The molecule has 1 N–H and O–H groups in total. The van der Waals surface area contributed by atoms with E-state index >= 15 is 0 Å². The number of rotatable bonds is 6. The van der Waals surface area contributed by atoms with Gasteiger partial charge in [-0.25, -0.2) is 0 Å². The molecule has 0 spiro atoms. The molecule has 0 saturated carbocycles. The van der Waals surface area contributed by atoms with Gasteiger partial charge >= 0.3 is 0 Å². The van der Waals surface area contributed by atoms with E-state index in [0.717, 1.165) is 23.9 Å². The summed E-state index contributed by atoms with van der Waals surface area (Å²) >= 11 is 0. The van der Waals surface area contributed by atoms with E-state index in [2.05, 4.69) is 57.1 Å². The van der Waals surface area contributed by atoms with Gasteiger partial charge in [-0.2, -0.15) is 0 Å². The second-order valence-corrected chi connectivity index (χ2v) is 5.04. The Morgan fingerprint density at radius 1 is 1.18 bits per heavy atom. The third-order valence-electron chi connectivity index (χ3n) is 3.29. The standard InChI is InChI=1S/C15H26N2/c1-6-11(3)8-15(16-7-2)14-9-12(4)17-13(5)10-14/h9-11,15-16H,6-8H2,1-5H3. The van der Waals surface area contributed by atoms with Crippen LogP contribution in [-0.2, 0) is 0 Å². The third kappa shape index (κ3) is 4.47. The Hall–Kier alpha value is -0.890. The molecule has 1 rings (SSSR count). The maximum absolute atomic E-state index is 4.45. The van der Waals surface area contributed by atoms with Crippen LogP contribution in [0.1, 0.15) is 56.6 Å². The molecule has 1 heterocycles. The quantitative estimate of drug-likeness (QED) is 0.810. The van der Waals surface area contributed by atoms with E-state index < -0.39 is 0 Å². The van der Waals surface area contributed by atoms with Crippen molar-refractivity contribution in [2.75, 3.05) is 6.54 Å². The molecule has 2 nitrogen and oxygen atoms in total. The van der Waals surface area contributed by atoms with Crippen LogP contribution in [0.4, 0.5) is 0 Å². The van der Waals surface area contributed by atoms with Crippen molar-refractivity contribution in [3.63, 3.8) is 0 Å². The average molecular weight is 234 g/mol. The van der Waals surface area contributed by atoms with Crippen molar-refractivity contribution >= 4 is 0 Å². The first-order valence-corrected chi connectivity index (χ1v) is 6.75. The van der Waals surface area contributed by atoms with E-state index in [9.17, 15) is 0 Å². The lowest BCUT2D eigenvalue weighted by atomic mass is 9.94. The Labute approximate surface area is 106 Å². The summed E-state index contributed by atoms with van der Waals surface area (Å²) in [6.07, 6.45) is 2.44. The highest BCUT2D eigenvalue weighted by Gasteiger charge is 2.14. The van der Waals surface area contributed by atoms with Crippen LogP contribution in [0.2, 0.25) is 0 Å². The normalized spacial score (nSPS) is 14.6. The van der Waals surface area contributed by atoms with E-state index in [1.165, 1.54) is 18.4 Å². The van der Waals surface area contributed by atoms with Crippen molar-refractivity contribution in [3.05, 3.63) is 29.1 Å². The van der Waals surface area contributed by atoms with Gasteiger partial charge in [0.25, 0.3) is 0 Å². The molecule has 0 fully saturated rings. The predicted octanol–water partition coefficient (Wildman–Crippen LogP) is 3.79. The predicted molar refractivity (Wildman–Crippen MR) is 74.2 cm³/mol. The van der Waals surface area contributed by atoms with Gasteiger partial charge in [-0.3, -0.25) is 4.98 Å². The molecule has 0 radical (unpaired) electrons. The van der Waals surface area contributed by atoms with Crippen LogP contribution >= 0.6 is 0 Å². The van der Waals surface area contributed by atoms with Gasteiger partial charge in [0.05, 0.1) is 0 Å². The molecule has 0 aliphatic rings. The van der Waals surface area contributed by atoms with Gasteiger partial charge < -0.3 is 5.32 Å². The maximum Gasteiger partial charge on any atom is 0.0379 e. The molecule has 0 amide bonds. The summed E-state index contributed by atoms with van der Waals surface area (Å²) in [6.45, 7) is 11.9. The summed E-state index contributed by atoms with van der Waals surface area (Å²) in [4.78, 5) is 4.45. The van der Waals surface area contributed by atoms with Crippen LogP contribution in [0.3, 0.4) is 0 Å². The zero-order valence-corrected chi connectivity index (χ0v) is 11.9. The SMILES string of the molecule is CCNC(CC(C)CC)c1cc(C)nc(C)c1. The summed E-state index contributed by atoms with van der Waals surface area (Å²) in [7, 11) is 0. The fourth-order valence-electron chi connectivity index (χ4n) is 2.22. The fraction of sp³-hybridized carbons (Fsp3) is 0.667. The third-order valence-corrected chi connectivity index (χ3v) is 3.29. The van der Waals surface area contributed by atoms with Crippen molar-refractivity contribution in [1.82, 2.24) is 10.3 Å². The number of hydrogen-bond acceptors (Lipinski definition) is 2. The second-order valence-electron chi connectivity index (χ2n) is 5.04. The van der Waals surface area contributed by atoms with Crippen molar-refractivity contribution in [2.24, 2.45) is 5.92 Å². The molecule has 0 aromatic carbocycles. The fourth-order valence-corrected chi connectivity index (χ4v) is 2.22. The van der Waals surface area contributed by atoms with Gasteiger partial charge in [0.2, 0.25) is 0 Å². The van der Waals surface area contributed by atoms with Crippen LogP contribution in [0.25, 0.3) is 0 Å². The lowest BCUT2D eigenvalue weighted by Gasteiger charge is -2.22. The first-order chi connectivity index (χ1) is 8.06. The molecule has 17 heavy (non-hydrogen) atoms. The molecule has 2 unspecified atom stereocenters. The monoisotopic (exact) mass is 234 g/mol. The highest BCUT2D eigenvalue weighted by Crippen LogP contribution is 2.23. The number of aromatic nitrogens is 1. The largest absolute Gasteiger partial charge is 0.310 e. The lowest BCUT2D eigenvalue weighted by Crippen LogP contribution is -2.23. The highest BCUT2D eigenvalue weighted by molar-refractivity contribution is 5.23. The van der Waals surface area contributed by atoms with Crippen molar-refractivity contribution in [1.29, 1.82) is 0 Å². The molecule has 96 valence electrons. The summed E-state index contributed by atoms with van der Waals surface area (Å²) in [5.41, 5.74) is 3.62. The minimum atomic E-state index is 0.468. The van der Waals surface area contributed by atoms with Gasteiger partial charge in [-0.15, -0.1) is 0 Å². The highest BCUT2D eigenvalue weighted by atomic mass is 14.9. The van der Waals surface area contributed by atoms with E-state index in [1.807, 2.05) is 0 Å². The van der Waals surface area contributed by atoms with Crippen molar-refractivity contribution in [2.45, 2.75) is 53.5 Å². The maximum atomic E-state index is 4.45. The van der Waals surface area contributed by atoms with E-state index in [0.29, 0.717) is 6.04 Å². The van der Waals surface area contributed by atoms with E-state index in [4.69, 9.17) is 0 Å². The van der Waals surface area contributed by atoms with Gasteiger partial charge in [-0.05, 0) is 50.4 Å². The molecule has 0 saturated heterocycles. The molecule has 0 aliphatic carbocycles. The van der Waals surface area contributed by atoms with Crippen LogP contribution in [0.5, 0.6) is 0 Å². The van der Waals surface area contributed by atoms with Gasteiger partial charge in [-0.1, -0.05) is 27.2 Å². The molecule has 1 aromatic rings. The zero-order valence-electron chi connectivity index (χ0n) is 11.9. The summed E-state index contributed by atoms with van der Waals surface area (Å²) < 4.78 is 0. The Bertz CT molecular complexity index is 327. The van der Waals surface area contributed by atoms with Crippen LogP contribution in [0, 0.1) is 19.8 Å². The van der Waals surface area contributed by atoms with Crippen molar-refractivity contribution < 1.29 is 0 Å². The average Bonchev–Trinajstić information content (AvgIpc) is 2.27. The first kappa shape index (κ1) is 14.2. The smallest absolute Gasteiger partial charge is 0.0379 e. The lowest BCUT2D eigenvalue weighted by molar-refractivity contribution is 0.408. The molecule has 0 aliphatic heterocycles. The number of nitrogens with zero attached hydrogens (tertiary/aromatic N) is 1. The number of pyridine rings is 1. The minimum Gasteiger partial charge on any atom is -0.310 e. The van der Waals surface area contributed by atoms with Crippen molar-refractivity contribution in [3.8, 4) is 0 Å². The molecule has 0 bridgehead atoms. The summed E-state index contributed by atoms with van der Waals surface area (Å²) in [5, 5.41) is 3.59. The van der Waals surface area contributed by atoms with Crippen LogP contribution in [-0.4, -0.2) is 11.5 Å². The molecule has 1 aromatic heterocycles. The first-order valence-electron chi connectivity index (χ1n) is 6.75. The van der Waals surface area contributed by atoms with E-state index in [-0.39, 0.29) is 0 Å². The van der Waals surface area contributed by atoms with Crippen LogP contribution < -0.4 is 5.32 Å². The summed E-state index contributed by atoms with van der Waals surface area (Å²) in [6, 6.07) is 4.89. The Balaban J connectivity index is 2.88. The van der Waals surface area contributed by atoms with Crippen LogP contribution in [0.15, 0.2) is 12.1 Å². The second kappa shape index (κ2) is 6.75. The molecular formula is C15H26N2. The van der Waals surface area contributed by atoms with Gasteiger partial charge in [0.15, 0.2) is 0 Å². The Kier molecular flexibility index (Phi) is 5.63. The molecular weight excluding hydrogens is 208 g/mol. The van der Waals surface area contributed by atoms with E-state index in [1.54, 1.807) is 0 Å². The zero-order chi connectivity index (χ0) is 12.8. The topological polar surface area (TPSA) is 24.9 Å². The number of nitrogens with one attached hydrogen (secondary N) is 1. The Morgan fingerprint density at radius 2 is 1.76 bits per heavy atom. The molecule has 2 heteroatoms. The van der Waals surface area contributed by atoms with Gasteiger partial charge in [0, 0.05) is 17.4 Å². The Morgan fingerprint density at radius 3 is 2.24 bits per heavy atom. The molecule has 2 atom stereocenters. The van der Waals surface area contributed by atoms with Gasteiger partial charge in [0.1, 0.15) is 0 Å². The minimum absolute atomic E-state index is 0.468. The number of aryl methyl sites for hydroxylation is 2. The number of hydrogen-bond donors (Lipinski definition) is 1.